The average Bonchev–Trinajstić information content (AvgIpc) is 2.81. The van der Waals surface area contributed by atoms with Gasteiger partial charge in [-0.2, -0.15) is 0 Å². The van der Waals surface area contributed by atoms with Crippen LogP contribution in [0.2, 0.25) is 0 Å². The highest BCUT2D eigenvalue weighted by Crippen LogP contribution is 2.22. The number of anilines is 2. The van der Waals surface area contributed by atoms with Crippen LogP contribution >= 0.6 is 0 Å². The van der Waals surface area contributed by atoms with Gasteiger partial charge in [-0.3, -0.25) is 4.79 Å². The SMILES string of the molecule is Cc1ccc(CNC(=O)c2ccc(N(C)C)c(N)c2)o1. The molecule has 0 aliphatic heterocycles. The second-order valence-electron chi connectivity index (χ2n) is 4.86. The Morgan fingerprint density at radius 1 is 1.30 bits per heavy atom. The van der Waals surface area contributed by atoms with Crippen molar-refractivity contribution in [3.05, 3.63) is 47.4 Å². The normalized spacial score (nSPS) is 10.3. The standard InChI is InChI=1S/C15H19N3O2/c1-10-4-6-12(20-10)9-17-15(19)11-5-7-14(18(2)3)13(16)8-11/h4-8H,9,16H2,1-3H3,(H,17,19). The average molecular weight is 273 g/mol. The van der Waals surface area contributed by atoms with E-state index in [4.69, 9.17) is 10.2 Å². The molecule has 0 spiro atoms. The van der Waals surface area contributed by atoms with Gasteiger partial charge in [-0.15, -0.1) is 0 Å². The Balaban J connectivity index is 2.04. The number of amides is 1. The van der Waals surface area contributed by atoms with E-state index in [-0.39, 0.29) is 5.91 Å². The maximum absolute atomic E-state index is 12.0. The summed E-state index contributed by atoms with van der Waals surface area (Å²) in [6.07, 6.45) is 0. The Hall–Kier alpha value is -2.43. The Morgan fingerprint density at radius 3 is 2.60 bits per heavy atom. The fourth-order valence-corrected chi connectivity index (χ4v) is 1.95. The molecule has 1 heterocycles. The number of nitrogens with zero attached hydrogens (tertiary/aromatic N) is 1. The van der Waals surface area contributed by atoms with E-state index in [1.807, 2.05) is 44.1 Å². The number of furan rings is 1. The largest absolute Gasteiger partial charge is 0.465 e. The van der Waals surface area contributed by atoms with Crippen molar-refractivity contribution < 1.29 is 9.21 Å². The summed E-state index contributed by atoms with van der Waals surface area (Å²) < 4.78 is 5.40. The topological polar surface area (TPSA) is 71.5 Å². The molecule has 0 saturated heterocycles. The van der Waals surface area contributed by atoms with Gasteiger partial charge in [0.1, 0.15) is 11.5 Å². The van der Waals surface area contributed by atoms with Gasteiger partial charge in [0.25, 0.3) is 5.91 Å². The molecule has 106 valence electrons. The van der Waals surface area contributed by atoms with Crippen molar-refractivity contribution >= 4 is 17.3 Å². The van der Waals surface area contributed by atoms with Crippen molar-refractivity contribution in [1.29, 1.82) is 0 Å². The fraction of sp³-hybridized carbons (Fsp3) is 0.267. The lowest BCUT2D eigenvalue weighted by Crippen LogP contribution is -2.23. The van der Waals surface area contributed by atoms with Crippen molar-refractivity contribution in [2.75, 3.05) is 24.7 Å². The number of hydrogen-bond acceptors (Lipinski definition) is 4. The first kappa shape index (κ1) is 14.0. The molecule has 2 aromatic rings. The van der Waals surface area contributed by atoms with E-state index in [9.17, 15) is 4.79 Å². The number of nitrogens with two attached hydrogens (primary N) is 1. The van der Waals surface area contributed by atoms with Gasteiger partial charge in [-0.25, -0.2) is 0 Å². The second kappa shape index (κ2) is 5.69. The third kappa shape index (κ3) is 3.12. The molecule has 1 aromatic heterocycles. The van der Waals surface area contributed by atoms with Crippen molar-refractivity contribution in [3.8, 4) is 0 Å². The zero-order valence-corrected chi connectivity index (χ0v) is 11.9. The van der Waals surface area contributed by atoms with Gasteiger partial charge >= 0.3 is 0 Å². The lowest BCUT2D eigenvalue weighted by atomic mass is 10.1. The minimum Gasteiger partial charge on any atom is -0.465 e. The summed E-state index contributed by atoms with van der Waals surface area (Å²) in [4.78, 5) is 13.9. The maximum atomic E-state index is 12.0. The number of benzene rings is 1. The molecular weight excluding hydrogens is 254 g/mol. The first-order valence-corrected chi connectivity index (χ1v) is 6.37. The highest BCUT2D eigenvalue weighted by atomic mass is 16.3. The molecule has 0 aliphatic carbocycles. The highest BCUT2D eigenvalue weighted by Gasteiger charge is 2.09. The zero-order chi connectivity index (χ0) is 14.7. The Kier molecular flexibility index (Phi) is 3.98. The van der Waals surface area contributed by atoms with Gasteiger partial charge in [0.2, 0.25) is 0 Å². The second-order valence-corrected chi connectivity index (χ2v) is 4.86. The number of hydrogen-bond donors (Lipinski definition) is 2. The summed E-state index contributed by atoms with van der Waals surface area (Å²) in [5.74, 6) is 1.39. The van der Waals surface area contributed by atoms with Crippen LogP contribution in [-0.4, -0.2) is 20.0 Å². The van der Waals surface area contributed by atoms with Crippen LogP contribution in [0.1, 0.15) is 21.9 Å². The van der Waals surface area contributed by atoms with Gasteiger partial charge in [-0.05, 0) is 37.3 Å². The third-order valence-corrected chi connectivity index (χ3v) is 2.99. The molecule has 3 N–H and O–H groups in total. The number of rotatable bonds is 4. The minimum atomic E-state index is -0.170. The molecule has 0 radical (unpaired) electrons. The van der Waals surface area contributed by atoms with Crippen LogP contribution in [0.5, 0.6) is 0 Å². The van der Waals surface area contributed by atoms with Crippen LogP contribution in [0.4, 0.5) is 11.4 Å². The van der Waals surface area contributed by atoms with E-state index in [1.165, 1.54) is 0 Å². The molecule has 0 unspecified atom stereocenters. The molecule has 0 bridgehead atoms. The molecule has 1 amide bonds. The summed E-state index contributed by atoms with van der Waals surface area (Å²) in [5, 5.41) is 2.80. The quantitative estimate of drug-likeness (QED) is 0.837. The number of aryl methyl sites for hydroxylation is 1. The summed E-state index contributed by atoms with van der Waals surface area (Å²) >= 11 is 0. The van der Waals surface area contributed by atoms with Crippen LogP contribution in [-0.2, 0) is 6.54 Å². The summed E-state index contributed by atoms with van der Waals surface area (Å²) in [6, 6.07) is 8.98. The third-order valence-electron chi connectivity index (χ3n) is 2.99. The van der Waals surface area contributed by atoms with Gasteiger partial charge in [0.05, 0.1) is 17.9 Å². The first-order chi connectivity index (χ1) is 9.47. The number of nitrogen functional groups attached to an aromatic ring is 1. The van der Waals surface area contributed by atoms with E-state index < -0.39 is 0 Å². The molecule has 0 aliphatic rings. The van der Waals surface area contributed by atoms with Crippen molar-refractivity contribution in [1.82, 2.24) is 5.32 Å². The van der Waals surface area contributed by atoms with Gasteiger partial charge in [0, 0.05) is 19.7 Å². The van der Waals surface area contributed by atoms with Crippen molar-refractivity contribution in [3.63, 3.8) is 0 Å². The van der Waals surface area contributed by atoms with Gasteiger partial charge < -0.3 is 20.4 Å². The van der Waals surface area contributed by atoms with E-state index >= 15 is 0 Å². The highest BCUT2D eigenvalue weighted by molar-refractivity contribution is 5.96. The van der Waals surface area contributed by atoms with Crippen molar-refractivity contribution in [2.24, 2.45) is 0 Å². The van der Waals surface area contributed by atoms with Crippen LogP contribution in [0.3, 0.4) is 0 Å². The van der Waals surface area contributed by atoms with E-state index in [2.05, 4.69) is 5.32 Å². The zero-order valence-electron chi connectivity index (χ0n) is 11.9. The monoisotopic (exact) mass is 273 g/mol. The van der Waals surface area contributed by atoms with Crippen LogP contribution in [0.15, 0.2) is 34.7 Å². The number of nitrogens with one attached hydrogen (secondary N) is 1. The van der Waals surface area contributed by atoms with E-state index in [0.29, 0.717) is 17.8 Å². The molecule has 5 nitrogen and oxygen atoms in total. The molecular formula is C15H19N3O2. The summed E-state index contributed by atoms with van der Waals surface area (Å²) in [7, 11) is 3.81. The predicted octanol–water partition coefficient (Wildman–Crippen LogP) is 2.17. The lowest BCUT2D eigenvalue weighted by Gasteiger charge is -2.15. The maximum Gasteiger partial charge on any atom is 0.251 e. The van der Waals surface area contributed by atoms with Gasteiger partial charge in [-0.1, -0.05) is 0 Å². The predicted molar refractivity (Wildman–Crippen MR) is 79.8 cm³/mol. The molecule has 20 heavy (non-hydrogen) atoms. The Labute approximate surface area is 118 Å². The van der Waals surface area contributed by atoms with Crippen LogP contribution < -0.4 is 16.0 Å². The molecule has 0 fully saturated rings. The van der Waals surface area contributed by atoms with E-state index in [1.54, 1.807) is 12.1 Å². The van der Waals surface area contributed by atoms with Crippen molar-refractivity contribution in [2.45, 2.75) is 13.5 Å². The fourth-order valence-electron chi connectivity index (χ4n) is 1.95. The van der Waals surface area contributed by atoms with Crippen LogP contribution in [0.25, 0.3) is 0 Å². The Morgan fingerprint density at radius 2 is 2.05 bits per heavy atom. The molecule has 0 saturated carbocycles. The first-order valence-electron chi connectivity index (χ1n) is 6.37. The number of carbonyl (C=O) groups is 1. The Bertz CT molecular complexity index is 617. The van der Waals surface area contributed by atoms with Crippen LogP contribution in [0, 0.1) is 6.92 Å². The smallest absolute Gasteiger partial charge is 0.251 e. The van der Waals surface area contributed by atoms with Gasteiger partial charge in [0.15, 0.2) is 0 Å². The lowest BCUT2D eigenvalue weighted by molar-refractivity contribution is 0.0948. The number of carbonyl (C=O) groups excluding carboxylic acids is 1. The molecule has 0 atom stereocenters. The summed E-state index contributed by atoms with van der Waals surface area (Å²) in [5.41, 5.74) is 7.94. The summed E-state index contributed by atoms with van der Waals surface area (Å²) in [6.45, 7) is 2.23. The van der Waals surface area contributed by atoms with E-state index in [0.717, 1.165) is 17.2 Å². The molecule has 5 heteroatoms. The molecule has 1 aromatic carbocycles. The molecule has 2 rings (SSSR count). The minimum absolute atomic E-state index is 0.170.